The summed E-state index contributed by atoms with van der Waals surface area (Å²) in [7, 11) is 1.61. The Morgan fingerprint density at radius 2 is 1.92 bits per heavy atom. The van der Waals surface area contributed by atoms with Crippen LogP contribution >= 0.6 is 0 Å². The molecule has 3 aromatic rings. The fourth-order valence-electron chi connectivity index (χ4n) is 5.04. The van der Waals surface area contributed by atoms with Gasteiger partial charge in [-0.05, 0) is 23.8 Å². The fraction of sp³-hybridized carbons (Fsp3) is 0.346. The molecule has 10 heteroatoms. The second-order valence-corrected chi connectivity index (χ2v) is 8.85. The van der Waals surface area contributed by atoms with Crippen LogP contribution in [0.2, 0.25) is 0 Å². The molecular formula is C26H26N4O6. The minimum Gasteiger partial charge on any atom is -0.497 e. The van der Waals surface area contributed by atoms with Gasteiger partial charge in [0.05, 0.1) is 38.0 Å². The van der Waals surface area contributed by atoms with Crippen molar-refractivity contribution in [2.24, 2.45) is 0 Å². The minimum absolute atomic E-state index is 0.0580. The number of benzene rings is 2. The Kier molecular flexibility index (Phi) is 5.73. The van der Waals surface area contributed by atoms with Gasteiger partial charge in [-0.1, -0.05) is 30.3 Å². The maximum atomic E-state index is 13.5. The molecule has 1 aromatic heterocycles. The number of carbonyl (C=O) groups is 2. The standard InChI is InChI=1S/C26H26N4O6/c1-33-18-8-6-17(7-9-18)15-34-16-36-26(32)28-10-11-29-21(14-28)25(31)30-12-13-35-24-23(30)22(29)19-4-2-3-5-20(19)27-24/h2-9,21H,10-16H2,1H3. The molecule has 3 aliphatic heterocycles. The van der Waals surface area contributed by atoms with Crippen LogP contribution < -0.4 is 19.3 Å². The van der Waals surface area contributed by atoms with Crippen LogP contribution in [0.15, 0.2) is 48.5 Å². The molecule has 1 saturated heterocycles. The zero-order chi connectivity index (χ0) is 24.6. The highest BCUT2D eigenvalue weighted by Crippen LogP contribution is 2.48. The van der Waals surface area contributed by atoms with E-state index in [1.807, 2.05) is 48.5 Å². The molecule has 36 heavy (non-hydrogen) atoms. The van der Waals surface area contributed by atoms with Gasteiger partial charge in [-0.25, -0.2) is 9.78 Å². The molecule has 1 unspecified atom stereocenters. The van der Waals surface area contributed by atoms with E-state index in [2.05, 4.69) is 9.88 Å². The van der Waals surface area contributed by atoms with Gasteiger partial charge in [-0.3, -0.25) is 4.79 Å². The first kappa shape index (κ1) is 22.4. The number of methoxy groups -OCH3 is 1. The Balaban J connectivity index is 1.15. The van der Waals surface area contributed by atoms with Crippen molar-refractivity contribution in [3.05, 3.63) is 54.1 Å². The van der Waals surface area contributed by atoms with Crippen molar-refractivity contribution < 1.29 is 28.5 Å². The predicted molar refractivity (Wildman–Crippen MR) is 131 cm³/mol. The van der Waals surface area contributed by atoms with E-state index in [1.54, 1.807) is 16.9 Å². The highest BCUT2D eigenvalue weighted by Gasteiger charge is 2.46. The van der Waals surface area contributed by atoms with Crippen LogP contribution in [0.4, 0.5) is 16.2 Å². The number of pyridine rings is 1. The Bertz CT molecular complexity index is 1310. The molecule has 0 N–H and O–H groups in total. The molecule has 1 atom stereocenters. The zero-order valence-corrected chi connectivity index (χ0v) is 19.9. The highest BCUT2D eigenvalue weighted by molar-refractivity contribution is 6.13. The lowest BCUT2D eigenvalue weighted by Crippen LogP contribution is -2.64. The number of hydrogen-bond donors (Lipinski definition) is 0. The van der Waals surface area contributed by atoms with E-state index in [-0.39, 0.29) is 19.2 Å². The van der Waals surface area contributed by atoms with E-state index in [4.69, 9.17) is 18.9 Å². The molecule has 0 spiro atoms. The summed E-state index contributed by atoms with van der Waals surface area (Å²) in [5.74, 6) is 1.19. The number of aromatic nitrogens is 1. The molecule has 10 nitrogen and oxygen atoms in total. The lowest BCUT2D eigenvalue weighted by molar-refractivity contribution is -0.121. The van der Waals surface area contributed by atoms with Gasteiger partial charge in [0.15, 0.2) is 6.79 Å². The predicted octanol–water partition coefficient (Wildman–Crippen LogP) is 2.78. The Morgan fingerprint density at radius 1 is 1.08 bits per heavy atom. The molecule has 2 amide bonds. The van der Waals surface area contributed by atoms with Crippen molar-refractivity contribution in [2.45, 2.75) is 12.6 Å². The third kappa shape index (κ3) is 3.83. The number of anilines is 2. The van der Waals surface area contributed by atoms with Crippen molar-refractivity contribution in [1.29, 1.82) is 0 Å². The number of nitrogens with zero attached hydrogens (tertiary/aromatic N) is 4. The Hall–Kier alpha value is -4.05. The number of hydrogen-bond acceptors (Lipinski definition) is 8. The average molecular weight is 491 g/mol. The van der Waals surface area contributed by atoms with E-state index in [1.165, 1.54) is 0 Å². The van der Waals surface area contributed by atoms with Crippen molar-refractivity contribution >= 4 is 34.3 Å². The van der Waals surface area contributed by atoms with Crippen LogP contribution in [-0.4, -0.2) is 74.6 Å². The van der Waals surface area contributed by atoms with Crippen LogP contribution in [0.25, 0.3) is 10.9 Å². The SMILES string of the molecule is COc1ccc(COCOC(=O)N2CCN3c4c5c(nc6ccccc46)OCCN5C(=O)C3C2)cc1. The molecule has 3 aliphatic rings. The van der Waals surface area contributed by atoms with E-state index >= 15 is 0 Å². The fourth-order valence-corrected chi connectivity index (χ4v) is 5.04. The minimum atomic E-state index is -0.504. The Morgan fingerprint density at radius 3 is 2.75 bits per heavy atom. The van der Waals surface area contributed by atoms with E-state index in [9.17, 15) is 9.59 Å². The topological polar surface area (TPSA) is 93.7 Å². The van der Waals surface area contributed by atoms with Gasteiger partial charge in [-0.15, -0.1) is 0 Å². The molecule has 0 radical (unpaired) electrons. The average Bonchev–Trinajstić information content (AvgIpc) is 2.93. The summed E-state index contributed by atoms with van der Waals surface area (Å²) in [6.45, 7) is 2.12. The second kappa shape index (κ2) is 9.19. The number of rotatable bonds is 5. The number of piperazine rings is 1. The molecule has 0 aliphatic carbocycles. The normalized spacial score (nSPS) is 18.4. The van der Waals surface area contributed by atoms with Crippen LogP contribution in [0.1, 0.15) is 5.56 Å². The summed E-state index contributed by atoms with van der Waals surface area (Å²) in [5, 5.41) is 0.965. The summed E-state index contributed by atoms with van der Waals surface area (Å²) >= 11 is 0. The van der Waals surface area contributed by atoms with Crippen molar-refractivity contribution in [3.63, 3.8) is 0 Å². The van der Waals surface area contributed by atoms with Gasteiger partial charge in [0, 0.05) is 18.5 Å². The van der Waals surface area contributed by atoms with Crippen LogP contribution in [0.3, 0.4) is 0 Å². The third-order valence-corrected chi connectivity index (χ3v) is 6.80. The largest absolute Gasteiger partial charge is 0.497 e. The van der Waals surface area contributed by atoms with Crippen LogP contribution in [-0.2, 0) is 20.9 Å². The van der Waals surface area contributed by atoms with Gasteiger partial charge < -0.3 is 33.6 Å². The first-order valence-corrected chi connectivity index (χ1v) is 11.9. The van der Waals surface area contributed by atoms with Gasteiger partial charge in [-0.2, -0.15) is 0 Å². The van der Waals surface area contributed by atoms with Crippen molar-refractivity contribution in [3.8, 4) is 11.6 Å². The van der Waals surface area contributed by atoms with E-state index in [0.717, 1.165) is 33.6 Å². The van der Waals surface area contributed by atoms with Crippen LogP contribution in [0, 0.1) is 0 Å². The van der Waals surface area contributed by atoms with Crippen molar-refractivity contribution in [1.82, 2.24) is 9.88 Å². The number of carbonyl (C=O) groups excluding carboxylic acids is 2. The summed E-state index contributed by atoms with van der Waals surface area (Å²) in [4.78, 5) is 36.3. The lowest BCUT2D eigenvalue weighted by atomic mass is 10.00. The maximum absolute atomic E-state index is 13.5. The molecule has 2 aromatic carbocycles. The summed E-state index contributed by atoms with van der Waals surface area (Å²) in [6, 6.07) is 14.8. The van der Waals surface area contributed by atoms with E-state index in [0.29, 0.717) is 38.7 Å². The second-order valence-electron chi connectivity index (χ2n) is 8.85. The number of fused-ring (bicyclic) bond motifs is 4. The summed E-state index contributed by atoms with van der Waals surface area (Å²) < 4.78 is 21.8. The summed E-state index contributed by atoms with van der Waals surface area (Å²) in [6.07, 6.45) is -0.495. The third-order valence-electron chi connectivity index (χ3n) is 6.80. The quantitative estimate of drug-likeness (QED) is 0.398. The molecule has 6 rings (SSSR count). The first-order chi connectivity index (χ1) is 17.6. The van der Waals surface area contributed by atoms with Crippen LogP contribution in [0.5, 0.6) is 11.6 Å². The van der Waals surface area contributed by atoms with Gasteiger partial charge in [0.2, 0.25) is 5.88 Å². The maximum Gasteiger partial charge on any atom is 0.412 e. The molecule has 0 bridgehead atoms. The number of amides is 2. The first-order valence-electron chi connectivity index (χ1n) is 11.9. The summed E-state index contributed by atoms with van der Waals surface area (Å²) in [5.41, 5.74) is 3.43. The highest BCUT2D eigenvalue weighted by atomic mass is 16.7. The monoisotopic (exact) mass is 490 g/mol. The van der Waals surface area contributed by atoms with E-state index < -0.39 is 12.1 Å². The number of para-hydroxylation sites is 1. The van der Waals surface area contributed by atoms with Gasteiger partial charge in [0.25, 0.3) is 5.91 Å². The van der Waals surface area contributed by atoms with Gasteiger partial charge in [0.1, 0.15) is 24.1 Å². The molecular weight excluding hydrogens is 464 g/mol. The molecule has 0 saturated carbocycles. The molecule has 186 valence electrons. The lowest BCUT2D eigenvalue weighted by Gasteiger charge is -2.49. The molecule has 4 heterocycles. The smallest absolute Gasteiger partial charge is 0.412 e. The Labute approximate surface area is 207 Å². The zero-order valence-electron chi connectivity index (χ0n) is 19.9. The number of ether oxygens (including phenoxy) is 4. The van der Waals surface area contributed by atoms with Gasteiger partial charge >= 0.3 is 6.09 Å². The van der Waals surface area contributed by atoms with Crippen molar-refractivity contribution in [2.75, 3.05) is 56.5 Å². The molecule has 1 fully saturated rings.